The average molecular weight is 532 g/mol. The molecule has 39 heavy (non-hydrogen) atoms. The molecule has 0 saturated carbocycles. The topological polar surface area (TPSA) is 64.4 Å². The maximum atomic E-state index is 14.5. The van der Waals surface area contributed by atoms with Gasteiger partial charge < -0.3 is 14.2 Å². The Kier molecular flexibility index (Phi) is 6.97. The number of carbonyl (C=O) groups is 1. The Morgan fingerprint density at radius 1 is 1.08 bits per heavy atom. The molecule has 0 N–H and O–H groups in total. The molecule has 0 amide bonds. The van der Waals surface area contributed by atoms with E-state index < -0.39 is 12.4 Å². The minimum atomic E-state index is -2.71. The summed E-state index contributed by atoms with van der Waals surface area (Å²) in [6, 6.07) is 12.6. The van der Waals surface area contributed by atoms with Crippen molar-refractivity contribution in [3.05, 3.63) is 87.0 Å². The highest BCUT2D eigenvalue weighted by Crippen LogP contribution is 2.43. The number of carbonyl (C=O) groups excluding carboxylic acids is 1. The molecule has 0 atom stereocenters. The van der Waals surface area contributed by atoms with Crippen LogP contribution in [0, 0.1) is 6.92 Å². The van der Waals surface area contributed by atoms with E-state index in [4.69, 9.17) is 4.74 Å². The van der Waals surface area contributed by atoms with E-state index >= 15 is 0 Å². The number of aromatic nitrogens is 2. The lowest BCUT2D eigenvalue weighted by molar-refractivity contribution is 0.0594. The predicted octanol–water partition coefficient (Wildman–Crippen LogP) is 6.84. The second kappa shape index (κ2) is 10.2. The van der Waals surface area contributed by atoms with E-state index in [-0.39, 0.29) is 22.7 Å². The Morgan fingerprint density at radius 2 is 1.85 bits per heavy atom. The van der Waals surface area contributed by atoms with Crippen molar-refractivity contribution in [2.24, 2.45) is 7.05 Å². The van der Waals surface area contributed by atoms with E-state index in [1.807, 2.05) is 18.2 Å². The number of fused-ring (bicyclic) bond motifs is 2. The van der Waals surface area contributed by atoms with Crippen LogP contribution < -0.4 is 10.5 Å². The Hall–Kier alpha value is -4.07. The van der Waals surface area contributed by atoms with E-state index in [0.29, 0.717) is 23.2 Å². The number of benzene rings is 2. The maximum absolute atomic E-state index is 14.5. The van der Waals surface area contributed by atoms with Crippen molar-refractivity contribution < 1.29 is 18.3 Å². The van der Waals surface area contributed by atoms with E-state index in [9.17, 15) is 18.4 Å². The second-order valence-electron chi connectivity index (χ2n) is 10.4. The molecule has 202 valence electrons. The van der Waals surface area contributed by atoms with Crippen molar-refractivity contribution in [3.63, 3.8) is 0 Å². The third-order valence-corrected chi connectivity index (χ3v) is 7.55. The second-order valence-corrected chi connectivity index (χ2v) is 10.4. The monoisotopic (exact) mass is 531 g/mol. The van der Waals surface area contributed by atoms with Crippen LogP contribution in [0.5, 0.6) is 0 Å². The largest absolute Gasteiger partial charge is 0.464 e. The first-order valence-electron chi connectivity index (χ1n) is 13.0. The summed E-state index contributed by atoms with van der Waals surface area (Å²) in [5, 5.41) is 0.914. The van der Waals surface area contributed by atoms with Gasteiger partial charge in [-0.15, -0.1) is 0 Å². The first-order valence-corrected chi connectivity index (χ1v) is 13.0. The van der Waals surface area contributed by atoms with Gasteiger partial charge in [0.05, 0.1) is 18.3 Å². The first kappa shape index (κ1) is 26.5. The zero-order valence-electron chi connectivity index (χ0n) is 22.7. The molecule has 0 radical (unpaired) electrons. The van der Waals surface area contributed by atoms with Gasteiger partial charge in [0.15, 0.2) is 0 Å². The summed E-state index contributed by atoms with van der Waals surface area (Å²) in [6.07, 6.45) is 0.313. The Labute approximate surface area is 225 Å². The number of nitrogens with zero attached hydrogens (tertiary/aromatic N) is 3. The molecule has 0 aliphatic carbocycles. The molecule has 0 bridgehead atoms. The van der Waals surface area contributed by atoms with E-state index in [2.05, 4.69) is 29.8 Å². The number of alkyl halides is 2. The van der Waals surface area contributed by atoms with Gasteiger partial charge in [-0.2, -0.15) is 0 Å². The number of hydrogen-bond acceptors (Lipinski definition) is 5. The quantitative estimate of drug-likeness (QED) is 0.264. The summed E-state index contributed by atoms with van der Waals surface area (Å²) >= 11 is 0. The zero-order chi connectivity index (χ0) is 28.0. The number of anilines is 2. The lowest BCUT2D eigenvalue weighted by Crippen LogP contribution is -2.26. The van der Waals surface area contributed by atoms with Gasteiger partial charge in [-0.25, -0.2) is 18.6 Å². The van der Waals surface area contributed by atoms with Crippen LogP contribution in [0.25, 0.3) is 22.0 Å². The molecule has 0 spiro atoms. The van der Waals surface area contributed by atoms with Gasteiger partial charge in [0, 0.05) is 47.6 Å². The van der Waals surface area contributed by atoms with Crippen molar-refractivity contribution in [2.45, 2.75) is 46.0 Å². The van der Waals surface area contributed by atoms with Crippen LogP contribution in [-0.4, -0.2) is 29.2 Å². The molecule has 1 aliphatic heterocycles. The van der Waals surface area contributed by atoms with Gasteiger partial charge in [0.25, 0.3) is 12.0 Å². The summed E-state index contributed by atoms with van der Waals surface area (Å²) in [5.74, 6) is -0.367. The van der Waals surface area contributed by atoms with Crippen molar-refractivity contribution in [2.75, 3.05) is 18.6 Å². The highest BCUT2D eigenvalue weighted by Gasteiger charge is 2.26. The van der Waals surface area contributed by atoms with Crippen LogP contribution in [0.15, 0.2) is 53.5 Å². The highest BCUT2D eigenvalue weighted by molar-refractivity contribution is 5.96. The van der Waals surface area contributed by atoms with Gasteiger partial charge in [-0.3, -0.25) is 4.79 Å². The third-order valence-electron chi connectivity index (χ3n) is 7.55. The van der Waals surface area contributed by atoms with E-state index in [1.54, 1.807) is 30.7 Å². The number of esters is 1. The third kappa shape index (κ3) is 4.68. The summed E-state index contributed by atoms with van der Waals surface area (Å²) in [5.41, 5.74) is 6.02. The van der Waals surface area contributed by atoms with Crippen LogP contribution in [-0.2, 0) is 18.2 Å². The number of rotatable bonds is 5. The van der Waals surface area contributed by atoms with Crippen molar-refractivity contribution in [3.8, 4) is 11.1 Å². The van der Waals surface area contributed by atoms with Gasteiger partial charge >= 0.3 is 5.97 Å². The van der Waals surface area contributed by atoms with Gasteiger partial charge in [-0.1, -0.05) is 19.9 Å². The van der Waals surface area contributed by atoms with Gasteiger partial charge in [0.2, 0.25) is 0 Å². The number of halogens is 2. The SMILES string of the molecule is COC(=O)c1ccc(-c2cc3c(cc2C(F)F)N(c2cc(C(C)C)cc4c2cc(C)c(=O)n4C)CCC3)cn1. The van der Waals surface area contributed by atoms with Crippen molar-refractivity contribution in [1.82, 2.24) is 9.55 Å². The molecule has 6 nitrogen and oxygen atoms in total. The van der Waals surface area contributed by atoms with Crippen molar-refractivity contribution >= 4 is 28.2 Å². The number of hydrogen-bond donors (Lipinski definition) is 0. The molecule has 0 fully saturated rings. The fourth-order valence-corrected chi connectivity index (χ4v) is 5.39. The average Bonchev–Trinajstić information content (AvgIpc) is 2.94. The molecule has 2 aromatic carbocycles. The lowest BCUT2D eigenvalue weighted by atomic mass is 9.91. The minimum absolute atomic E-state index is 0.0511. The van der Waals surface area contributed by atoms with Gasteiger partial charge in [-0.05, 0) is 78.8 Å². The number of methoxy groups -OCH3 is 1. The fraction of sp³-hybridized carbons (Fsp3) is 0.323. The van der Waals surface area contributed by atoms with Crippen LogP contribution in [0.4, 0.5) is 20.2 Å². The number of ether oxygens (including phenoxy) is 1. The Bertz CT molecular complexity index is 1640. The standard InChI is InChI=1S/C31H31F2N3O3/c1-17(2)21-13-27-24(11-18(3)30(37)35(27)4)28(14-21)36-10-6-7-19-12-22(23(29(32)33)15-26(19)36)20-8-9-25(34-16-20)31(38)39-5/h8-9,11-17,29H,6-7,10H2,1-5H3. The minimum Gasteiger partial charge on any atom is -0.464 e. The molecule has 3 heterocycles. The normalized spacial score (nSPS) is 13.3. The molecular formula is C31H31F2N3O3. The first-order chi connectivity index (χ1) is 18.6. The van der Waals surface area contributed by atoms with Gasteiger partial charge in [0.1, 0.15) is 5.69 Å². The fourth-order valence-electron chi connectivity index (χ4n) is 5.39. The van der Waals surface area contributed by atoms with Crippen LogP contribution in [0.1, 0.15) is 65.4 Å². The molecule has 8 heteroatoms. The Morgan fingerprint density at radius 3 is 2.49 bits per heavy atom. The van der Waals surface area contributed by atoms with Crippen LogP contribution in [0.3, 0.4) is 0 Å². The molecule has 4 aromatic rings. The molecule has 0 unspecified atom stereocenters. The summed E-state index contributed by atoms with van der Waals surface area (Å²) in [6.45, 7) is 6.67. The summed E-state index contributed by atoms with van der Waals surface area (Å²) in [7, 11) is 3.04. The molecular weight excluding hydrogens is 500 g/mol. The van der Waals surface area contributed by atoms with E-state index in [1.165, 1.54) is 19.4 Å². The lowest BCUT2D eigenvalue weighted by Gasteiger charge is -2.34. The maximum Gasteiger partial charge on any atom is 0.356 e. The zero-order valence-corrected chi connectivity index (χ0v) is 22.7. The predicted molar refractivity (Wildman–Crippen MR) is 149 cm³/mol. The summed E-state index contributed by atoms with van der Waals surface area (Å²) in [4.78, 5) is 30.8. The number of pyridine rings is 2. The van der Waals surface area contributed by atoms with E-state index in [0.717, 1.165) is 46.2 Å². The molecule has 0 saturated heterocycles. The molecule has 2 aromatic heterocycles. The molecule has 1 aliphatic rings. The number of aryl methyl sites for hydroxylation is 3. The highest BCUT2D eigenvalue weighted by atomic mass is 19.3. The smallest absolute Gasteiger partial charge is 0.356 e. The summed E-state index contributed by atoms with van der Waals surface area (Å²) < 4.78 is 35.4. The Balaban J connectivity index is 1.71. The van der Waals surface area contributed by atoms with Crippen LogP contribution in [0.2, 0.25) is 0 Å². The van der Waals surface area contributed by atoms with Crippen molar-refractivity contribution in [1.29, 1.82) is 0 Å². The van der Waals surface area contributed by atoms with Crippen LogP contribution >= 0.6 is 0 Å². The molecule has 5 rings (SSSR count).